The zero-order valence-corrected chi connectivity index (χ0v) is 12.2. The largest absolute Gasteiger partial charge is 0.378 e. The van der Waals surface area contributed by atoms with Gasteiger partial charge in [-0.3, -0.25) is 0 Å². The molecule has 0 amide bonds. The van der Waals surface area contributed by atoms with E-state index in [1.54, 1.807) is 12.1 Å². The Hall–Kier alpha value is -1.74. The van der Waals surface area contributed by atoms with E-state index in [1.807, 2.05) is 6.07 Å². The number of hydrogen-bond donors (Lipinski definition) is 0. The van der Waals surface area contributed by atoms with Gasteiger partial charge in [-0.05, 0) is 24.3 Å². The summed E-state index contributed by atoms with van der Waals surface area (Å²) in [5.74, 6) is -0.0638. The normalized spacial score (nSPS) is 10.8. The molecule has 0 aliphatic carbocycles. The third kappa shape index (κ3) is 2.88. The third-order valence-electron chi connectivity index (χ3n) is 2.39. The molecule has 7 heteroatoms. The zero-order chi connectivity index (χ0) is 14.8. The molecule has 0 aliphatic rings. The summed E-state index contributed by atoms with van der Waals surface area (Å²) in [5.41, 5.74) is 0.106. The van der Waals surface area contributed by atoms with Crippen LogP contribution < -0.4 is 4.18 Å². The van der Waals surface area contributed by atoms with Crippen molar-refractivity contribution in [2.24, 2.45) is 0 Å². The second-order valence-electron chi connectivity index (χ2n) is 3.70. The van der Waals surface area contributed by atoms with E-state index in [0.29, 0.717) is 0 Å². The topological polar surface area (TPSA) is 67.2 Å². The van der Waals surface area contributed by atoms with Crippen molar-refractivity contribution in [3.05, 3.63) is 58.1 Å². The molecule has 0 heterocycles. The summed E-state index contributed by atoms with van der Waals surface area (Å²) in [4.78, 5) is -0.251. The zero-order valence-electron chi connectivity index (χ0n) is 9.88. The van der Waals surface area contributed by atoms with Crippen LogP contribution in [0.25, 0.3) is 0 Å². The molecule has 0 unspecified atom stereocenters. The van der Waals surface area contributed by atoms with Crippen LogP contribution in [0.2, 0.25) is 10.0 Å². The Balaban J connectivity index is 2.47. The highest BCUT2D eigenvalue weighted by molar-refractivity contribution is 7.87. The molecule has 0 aliphatic heterocycles. The maximum absolute atomic E-state index is 12.2. The number of hydrogen-bond acceptors (Lipinski definition) is 4. The highest BCUT2D eigenvalue weighted by Crippen LogP contribution is 2.31. The van der Waals surface area contributed by atoms with Gasteiger partial charge in [-0.25, -0.2) is 0 Å². The highest BCUT2D eigenvalue weighted by Gasteiger charge is 2.22. The molecule has 0 saturated carbocycles. The van der Waals surface area contributed by atoms with Crippen LogP contribution in [0.1, 0.15) is 5.56 Å². The molecule has 0 aromatic heterocycles. The van der Waals surface area contributed by atoms with Crippen molar-refractivity contribution < 1.29 is 12.6 Å². The van der Waals surface area contributed by atoms with Gasteiger partial charge in [0.25, 0.3) is 0 Å². The molecule has 0 fully saturated rings. The van der Waals surface area contributed by atoms with E-state index in [-0.39, 0.29) is 26.3 Å². The van der Waals surface area contributed by atoms with Crippen LogP contribution in [0.5, 0.6) is 5.75 Å². The van der Waals surface area contributed by atoms with Crippen LogP contribution in [0.15, 0.2) is 47.4 Å². The molecular formula is C13H7Cl2NO3S. The first kappa shape index (κ1) is 14.7. The maximum Gasteiger partial charge on any atom is 0.340 e. The van der Waals surface area contributed by atoms with Crippen LogP contribution in [0.3, 0.4) is 0 Å². The third-order valence-corrected chi connectivity index (χ3v) is 4.60. The van der Waals surface area contributed by atoms with Gasteiger partial charge in [-0.1, -0.05) is 41.4 Å². The van der Waals surface area contributed by atoms with E-state index >= 15 is 0 Å². The average Bonchev–Trinajstić information content (AvgIpc) is 2.42. The SMILES string of the molecule is N#Cc1ccccc1OS(=O)(=O)c1cccc(Cl)c1Cl. The molecule has 2 aromatic rings. The summed E-state index contributed by atoms with van der Waals surface area (Å²) in [6, 6.07) is 12.0. The Morgan fingerprint density at radius 1 is 1.05 bits per heavy atom. The molecule has 0 saturated heterocycles. The minimum Gasteiger partial charge on any atom is -0.378 e. The van der Waals surface area contributed by atoms with Crippen LogP contribution in [0.4, 0.5) is 0 Å². The minimum absolute atomic E-state index is 0.0638. The number of halogens is 2. The van der Waals surface area contributed by atoms with E-state index < -0.39 is 10.1 Å². The van der Waals surface area contributed by atoms with Gasteiger partial charge < -0.3 is 4.18 Å². The van der Waals surface area contributed by atoms with E-state index in [2.05, 4.69) is 0 Å². The first-order chi connectivity index (χ1) is 9.45. The summed E-state index contributed by atoms with van der Waals surface area (Å²) in [6.45, 7) is 0. The molecular weight excluding hydrogens is 321 g/mol. The second-order valence-corrected chi connectivity index (χ2v) is 6.00. The molecule has 0 atom stereocenters. The van der Waals surface area contributed by atoms with Crippen molar-refractivity contribution in [3.63, 3.8) is 0 Å². The van der Waals surface area contributed by atoms with Gasteiger partial charge in [0.15, 0.2) is 5.75 Å². The first-order valence-electron chi connectivity index (χ1n) is 5.33. The number of benzene rings is 2. The molecule has 102 valence electrons. The van der Waals surface area contributed by atoms with E-state index in [4.69, 9.17) is 32.6 Å². The van der Waals surface area contributed by atoms with Crippen molar-refractivity contribution in [1.29, 1.82) is 5.26 Å². The van der Waals surface area contributed by atoms with Gasteiger partial charge in [0, 0.05) is 0 Å². The quantitative estimate of drug-likeness (QED) is 0.807. The molecule has 2 rings (SSSR count). The van der Waals surface area contributed by atoms with Crippen molar-refractivity contribution >= 4 is 33.3 Å². The van der Waals surface area contributed by atoms with E-state index in [0.717, 1.165) is 0 Å². The van der Waals surface area contributed by atoms with Crippen LogP contribution >= 0.6 is 23.2 Å². The fraction of sp³-hybridized carbons (Fsp3) is 0. The molecule has 0 spiro atoms. The minimum atomic E-state index is -4.17. The first-order valence-corrected chi connectivity index (χ1v) is 7.50. The van der Waals surface area contributed by atoms with Gasteiger partial charge in [0.2, 0.25) is 0 Å². The Kier molecular flexibility index (Phi) is 4.19. The van der Waals surface area contributed by atoms with Crippen molar-refractivity contribution in [1.82, 2.24) is 0 Å². The molecule has 20 heavy (non-hydrogen) atoms. The number of para-hydroxylation sites is 1. The molecule has 0 radical (unpaired) electrons. The van der Waals surface area contributed by atoms with Gasteiger partial charge in [-0.15, -0.1) is 0 Å². The van der Waals surface area contributed by atoms with Gasteiger partial charge >= 0.3 is 10.1 Å². The Morgan fingerprint density at radius 3 is 2.45 bits per heavy atom. The summed E-state index contributed by atoms with van der Waals surface area (Å²) in [5, 5.41) is 8.89. The molecule has 0 bridgehead atoms. The fourth-order valence-corrected chi connectivity index (χ4v) is 3.16. The van der Waals surface area contributed by atoms with Crippen molar-refractivity contribution in [2.45, 2.75) is 4.90 Å². The number of nitrogens with zero attached hydrogens (tertiary/aromatic N) is 1. The summed E-state index contributed by atoms with van der Waals surface area (Å²) >= 11 is 11.6. The number of nitriles is 1. The predicted molar refractivity (Wildman–Crippen MR) is 75.4 cm³/mol. The Labute approximate surface area is 126 Å². The lowest BCUT2D eigenvalue weighted by molar-refractivity contribution is 0.485. The fourth-order valence-electron chi connectivity index (χ4n) is 1.47. The Bertz CT molecular complexity index is 798. The molecule has 2 aromatic carbocycles. The second kappa shape index (κ2) is 5.71. The highest BCUT2D eigenvalue weighted by atomic mass is 35.5. The van der Waals surface area contributed by atoms with Gasteiger partial charge in [-0.2, -0.15) is 13.7 Å². The maximum atomic E-state index is 12.2. The van der Waals surface area contributed by atoms with Crippen LogP contribution in [-0.2, 0) is 10.1 Å². The van der Waals surface area contributed by atoms with Crippen molar-refractivity contribution in [3.8, 4) is 11.8 Å². The molecule has 0 N–H and O–H groups in total. The Morgan fingerprint density at radius 2 is 1.75 bits per heavy atom. The lowest BCUT2D eigenvalue weighted by Crippen LogP contribution is -2.11. The number of rotatable bonds is 3. The lowest BCUT2D eigenvalue weighted by atomic mass is 10.2. The smallest absolute Gasteiger partial charge is 0.340 e. The van der Waals surface area contributed by atoms with Gasteiger partial charge in [0.1, 0.15) is 11.0 Å². The van der Waals surface area contributed by atoms with Crippen LogP contribution in [-0.4, -0.2) is 8.42 Å². The van der Waals surface area contributed by atoms with Crippen LogP contribution in [0, 0.1) is 11.3 Å². The monoisotopic (exact) mass is 327 g/mol. The summed E-state index contributed by atoms with van der Waals surface area (Å²) < 4.78 is 29.3. The molecule has 4 nitrogen and oxygen atoms in total. The van der Waals surface area contributed by atoms with Gasteiger partial charge in [0.05, 0.1) is 15.6 Å². The standard InChI is InChI=1S/C13H7Cl2NO3S/c14-10-5-3-7-12(13(10)15)20(17,18)19-11-6-2-1-4-9(11)8-16/h1-7H. The summed E-state index contributed by atoms with van der Waals surface area (Å²) in [7, 11) is -4.17. The average molecular weight is 328 g/mol. The van der Waals surface area contributed by atoms with Crippen molar-refractivity contribution in [2.75, 3.05) is 0 Å². The summed E-state index contributed by atoms with van der Waals surface area (Å²) in [6.07, 6.45) is 0. The predicted octanol–water partition coefficient (Wildman–Crippen LogP) is 3.63. The van der Waals surface area contributed by atoms with E-state index in [9.17, 15) is 8.42 Å². The van der Waals surface area contributed by atoms with E-state index in [1.165, 1.54) is 30.3 Å². The lowest BCUT2D eigenvalue weighted by Gasteiger charge is -2.09.